The van der Waals surface area contributed by atoms with Crippen LogP contribution in [0.2, 0.25) is 0 Å². The molecule has 1 heterocycles. The van der Waals surface area contributed by atoms with Crippen LogP contribution in [-0.4, -0.2) is 17.4 Å². The summed E-state index contributed by atoms with van der Waals surface area (Å²) in [4.78, 5) is 14.4. The Kier molecular flexibility index (Phi) is 2.68. The van der Waals surface area contributed by atoms with Crippen LogP contribution in [0.1, 0.15) is 10.5 Å². The molecule has 0 saturated carbocycles. The Morgan fingerprint density at radius 2 is 2.25 bits per heavy atom. The summed E-state index contributed by atoms with van der Waals surface area (Å²) in [6.07, 6.45) is 1.36. The normalized spacial score (nSPS) is 9.92. The first-order valence-electron chi connectivity index (χ1n) is 3.20. The molecule has 0 aromatic carbocycles. The number of rotatable bonds is 2. The molecule has 1 rings (SSSR count). The molecule has 12 heavy (non-hydrogen) atoms. The topological polar surface area (TPSA) is 42.0 Å². The third-order valence-corrected chi connectivity index (χ3v) is 1.14. The van der Waals surface area contributed by atoms with Gasteiger partial charge < -0.3 is 0 Å². The zero-order chi connectivity index (χ0) is 8.97. The molecular formula is C7H6F2N2O. The third kappa shape index (κ3) is 2.26. The molecule has 1 amide bonds. The average Bonchev–Trinajstić information content (AvgIpc) is 2.05. The van der Waals surface area contributed by atoms with E-state index in [4.69, 9.17) is 0 Å². The van der Waals surface area contributed by atoms with Crippen molar-refractivity contribution < 1.29 is 13.6 Å². The van der Waals surface area contributed by atoms with Gasteiger partial charge >= 0.3 is 6.55 Å². The summed E-state index contributed by atoms with van der Waals surface area (Å²) in [6.45, 7) is -2.85. The molecule has 64 valence electrons. The highest BCUT2D eigenvalue weighted by Gasteiger charge is 2.10. The van der Waals surface area contributed by atoms with Crippen molar-refractivity contribution in [1.82, 2.24) is 10.3 Å². The van der Waals surface area contributed by atoms with Gasteiger partial charge in [0.2, 0.25) is 0 Å². The standard InChI is InChI=1S/C7H6F2N2O/c8-7(9)11-6(12)5-3-1-2-4-10-5/h1-4,7H,(H,11,12). The number of hydrogen-bond acceptors (Lipinski definition) is 2. The quantitative estimate of drug-likeness (QED) is 0.677. The van der Waals surface area contributed by atoms with Crippen molar-refractivity contribution in [3.8, 4) is 0 Å². The van der Waals surface area contributed by atoms with E-state index in [0.717, 1.165) is 0 Å². The molecule has 0 radical (unpaired) electrons. The van der Waals surface area contributed by atoms with Crippen molar-refractivity contribution in [1.29, 1.82) is 0 Å². The van der Waals surface area contributed by atoms with Crippen molar-refractivity contribution in [2.24, 2.45) is 0 Å². The number of amides is 1. The molecule has 0 saturated heterocycles. The molecule has 1 aromatic heterocycles. The third-order valence-electron chi connectivity index (χ3n) is 1.14. The lowest BCUT2D eigenvalue weighted by Crippen LogP contribution is -2.28. The van der Waals surface area contributed by atoms with Crippen LogP contribution in [0, 0.1) is 0 Å². The molecular weight excluding hydrogens is 166 g/mol. The van der Waals surface area contributed by atoms with Gasteiger partial charge in [-0.2, -0.15) is 8.78 Å². The van der Waals surface area contributed by atoms with Gasteiger partial charge in [0, 0.05) is 6.20 Å². The van der Waals surface area contributed by atoms with Gasteiger partial charge in [-0.05, 0) is 12.1 Å². The molecule has 0 atom stereocenters. The van der Waals surface area contributed by atoms with Gasteiger partial charge in [-0.3, -0.25) is 15.1 Å². The maximum atomic E-state index is 11.6. The number of alkyl halides is 2. The highest BCUT2D eigenvalue weighted by Crippen LogP contribution is 1.94. The Morgan fingerprint density at radius 1 is 1.50 bits per heavy atom. The number of hydrogen-bond donors (Lipinski definition) is 1. The molecule has 0 bridgehead atoms. The van der Waals surface area contributed by atoms with Crippen LogP contribution in [-0.2, 0) is 0 Å². The van der Waals surface area contributed by atoms with Gasteiger partial charge in [0.25, 0.3) is 5.91 Å². The van der Waals surface area contributed by atoms with E-state index in [9.17, 15) is 13.6 Å². The van der Waals surface area contributed by atoms with E-state index in [1.165, 1.54) is 17.6 Å². The molecule has 3 nitrogen and oxygen atoms in total. The van der Waals surface area contributed by atoms with Crippen LogP contribution in [0.3, 0.4) is 0 Å². The van der Waals surface area contributed by atoms with Gasteiger partial charge in [-0.1, -0.05) is 6.07 Å². The fourth-order valence-corrected chi connectivity index (χ4v) is 0.670. The highest BCUT2D eigenvalue weighted by atomic mass is 19.3. The molecule has 0 aliphatic rings. The fourth-order valence-electron chi connectivity index (χ4n) is 0.670. The van der Waals surface area contributed by atoms with E-state index in [-0.39, 0.29) is 5.69 Å². The van der Waals surface area contributed by atoms with Crippen molar-refractivity contribution in [3.63, 3.8) is 0 Å². The number of nitrogens with one attached hydrogen (secondary N) is 1. The Labute approximate surface area is 67.4 Å². The van der Waals surface area contributed by atoms with E-state index in [0.29, 0.717) is 0 Å². The molecule has 5 heteroatoms. The van der Waals surface area contributed by atoms with Gasteiger partial charge in [0.1, 0.15) is 5.69 Å². The first-order valence-corrected chi connectivity index (χ1v) is 3.20. The number of nitrogens with zero attached hydrogens (tertiary/aromatic N) is 1. The summed E-state index contributed by atoms with van der Waals surface area (Å²) < 4.78 is 23.2. The van der Waals surface area contributed by atoms with Crippen molar-refractivity contribution in [2.45, 2.75) is 6.55 Å². The van der Waals surface area contributed by atoms with Crippen LogP contribution in [0.5, 0.6) is 0 Å². The Balaban J connectivity index is 2.66. The highest BCUT2D eigenvalue weighted by molar-refractivity contribution is 5.92. The lowest BCUT2D eigenvalue weighted by molar-refractivity contribution is 0.0694. The summed E-state index contributed by atoms with van der Waals surface area (Å²) in [5.74, 6) is -0.870. The Morgan fingerprint density at radius 3 is 2.75 bits per heavy atom. The lowest BCUT2D eigenvalue weighted by Gasteiger charge is -2.00. The second-order valence-electron chi connectivity index (χ2n) is 1.99. The molecule has 0 aliphatic carbocycles. The van der Waals surface area contributed by atoms with Gasteiger partial charge in [-0.25, -0.2) is 0 Å². The minimum atomic E-state index is -2.85. The number of halogens is 2. The number of carbonyl (C=O) groups is 1. The number of aromatic nitrogens is 1. The predicted octanol–water partition coefficient (Wildman–Crippen LogP) is 1.03. The second kappa shape index (κ2) is 3.75. The fraction of sp³-hybridized carbons (Fsp3) is 0.143. The van der Waals surface area contributed by atoms with E-state index in [2.05, 4.69) is 4.98 Å². The lowest BCUT2D eigenvalue weighted by atomic mass is 10.3. The maximum absolute atomic E-state index is 11.6. The number of carbonyl (C=O) groups excluding carboxylic acids is 1. The van der Waals surface area contributed by atoms with Crippen molar-refractivity contribution in [3.05, 3.63) is 30.1 Å². The Bertz CT molecular complexity index is 263. The largest absolute Gasteiger partial charge is 0.315 e. The summed E-state index contributed by atoms with van der Waals surface area (Å²) in [5.41, 5.74) is -0.0159. The first-order chi connectivity index (χ1) is 5.70. The first kappa shape index (κ1) is 8.58. The SMILES string of the molecule is O=C(NC(F)F)c1ccccn1. The molecule has 1 aromatic rings. The maximum Gasteiger partial charge on any atom is 0.315 e. The van der Waals surface area contributed by atoms with E-state index in [1.54, 1.807) is 12.1 Å². The van der Waals surface area contributed by atoms with Gasteiger partial charge in [-0.15, -0.1) is 0 Å². The summed E-state index contributed by atoms with van der Waals surface area (Å²) in [6, 6.07) is 4.50. The smallest absolute Gasteiger partial charge is 0.295 e. The number of pyridine rings is 1. The van der Waals surface area contributed by atoms with Crippen LogP contribution < -0.4 is 5.32 Å². The molecule has 0 aliphatic heterocycles. The summed E-state index contributed by atoms with van der Waals surface area (Å²) in [5, 5.41) is 1.42. The summed E-state index contributed by atoms with van der Waals surface area (Å²) >= 11 is 0. The van der Waals surface area contributed by atoms with Crippen LogP contribution in [0.15, 0.2) is 24.4 Å². The molecule has 0 spiro atoms. The molecule has 0 fully saturated rings. The monoisotopic (exact) mass is 172 g/mol. The van der Waals surface area contributed by atoms with Crippen molar-refractivity contribution in [2.75, 3.05) is 0 Å². The van der Waals surface area contributed by atoms with Crippen molar-refractivity contribution >= 4 is 5.91 Å². The predicted molar refractivity (Wildman–Crippen MR) is 37.7 cm³/mol. The zero-order valence-electron chi connectivity index (χ0n) is 6.00. The average molecular weight is 172 g/mol. The van der Waals surface area contributed by atoms with Crippen LogP contribution in [0.25, 0.3) is 0 Å². The van der Waals surface area contributed by atoms with E-state index >= 15 is 0 Å². The van der Waals surface area contributed by atoms with Crippen LogP contribution >= 0.6 is 0 Å². The second-order valence-corrected chi connectivity index (χ2v) is 1.99. The van der Waals surface area contributed by atoms with E-state index < -0.39 is 12.5 Å². The Hall–Kier alpha value is -1.52. The summed E-state index contributed by atoms with van der Waals surface area (Å²) in [7, 11) is 0. The van der Waals surface area contributed by atoms with E-state index in [1.807, 2.05) is 0 Å². The van der Waals surface area contributed by atoms with Crippen LogP contribution in [0.4, 0.5) is 8.78 Å². The minimum Gasteiger partial charge on any atom is -0.295 e. The molecule has 1 N–H and O–H groups in total. The molecule has 0 unspecified atom stereocenters. The minimum absolute atomic E-state index is 0.0159. The van der Waals surface area contributed by atoms with Gasteiger partial charge in [0.15, 0.2) is 0 Å². The zero-order valence-corrected chi connectivity index (χ0v) is 6.00. The van der Waals surface area contributed by atoms with Gasteiger partial charge in [0.05, 0.1) is 0 Å².